The molecule has 4 rings (SSSR count). The summed E-state index contributed by atoms with van der Waals surface area (Å²) in [6.45, 7) is 0. The Morgan fingerprint density at radius 3 is 2.75 bits per heavy atom. The molecule has 20 heavy (non-hydrogen) atoms. The molecule has 0 saturated heterocycles. The van der Waals surface area contributed by atoms with Crippen LogP contribution in [0.25, 0.3) is 0 Å². The van der Waals surface area contributed by atoms with Gasteiger partial charge in [0.05, 0.1) is 11.6 Å². The van der Waals surface area contributed by atoms with Crippen molar-refractivity contribution in [3.05, 3.63) is 47.2 Å². The largest absolute Gasteiger partial charge is 0.478 e. The highest BCUT2D eigenvalue weighted by molar-refractivity contribution is 5.86. The van der Waals surface area contributed by atoms with Crippen molar-refractivity contribution in [3.8, 4) is 0 Å². The molecular weight excluding hydrogens is 250 g/mol. The molecule has 1 aromatic carbocycles. The van der Waals surface area contributed by atoms with Crippen LogP contribution in [0.4, 0.5) is 0 Å². The second-order valence-corrected chi connectivity index (χ2v) is 6.19. The molecule has 104 valence electrons. The molecular formula is C17H19NO2. The van der Waals surface area contributed by atoms with Gasteiger partial charge in [-0.15, -0.1) is 0 Å². The lowest BCUT2D eigenvalue weighted by Crippen LogP contribution is -2.43. The molecule has 2 aliphatic heterocycles. The minimum atomic E-state index is -0.753. The first kappa shape index (κ1) is 12.0. The highest BCUT2D eigenvalue weighted by atomic mass is 16.4. The Balaban J connectivity index is 1.82. The number of fused-ring (bicyclic) bond motifs is 6. The van der Waals surface area contributed by atoms with Crippen LogP contribution in [-0.2, 0) is 4.79 Å². The van der Waals surface area contributed by atoms with Gasteiger partial charge in [-0.2, -0.15) is 0 Å². The third kappa shape index (κ3) is 1.62. The van der Waals surface area contributed by atoms with Gasteiger partial charge in [-0.1, -0.05) is 30.7 Å². The van der Waals surface area contributed by atoms with Gasteiger partial charge in [0, 0.05) is 18.2 Å². The van der Waals surface area contributed by atoms with E-state index in [0.29, 0.717) is 30.0 Å². The first-order chi connectivity index (χ1) is 9.75. The Morgan fingerprint density at radius 2 is 1.95 bits per heavy atom. The summed E-state index contributed by atoms with van der Waals surface area (Å²) in [6.07, 6.45) is 7.24. The van der Waals surface area contributed by atoms with Crippen LogP contribution in [-0.4, -0.2) is 22.0 Å². The monoisotopic (exact) mass is 269 g/mol. The van der Waals surface area contributed by atoms with E-state index in [4.69, 9.17) is 0 Å². The summed E-state index contributed by atoms with van der Waals surface area (Å²) in [7, 11) is 0. The maximum Gasteiger partial charge on any atom is 0.333 e. The summed E-state index contributed by atoms with van der Waals surface area (Å²) in [5.74, 6) is -0.163. The fourth-order valence-electron chi connectivity index (χ4n) is 4.39. The van der Waals surface area contributed by atoms with Gasteiger partial charge in [0.1, 0.15) is 0 Å². The average molecular weight is 269 g/mol. The van der Waals surface area contributed by atoms with E-state index in [0.717, 1.165) is 6.42 Å². The zero-order valence-electron chi connectivity index (χ0n) is 11.5. The summed E-state index contributed by atoms with van der Waals surface area (Å²) >= 11 is 0. The lowest BCUT2D eigenvalue weighted by Gasteiger charge is -2.47. The van der Waals surface area contributed by atoms with Crippen LogP contribution in [0.15, 0.2) is 36.0 Å². The number of carboxylic acid groups (broad SMARTS) is 1. The molecule has 2 heterocycles. The fourth-order valence-corrected chi connectivity index (χ4v) is 4.39. The van der Waals surface area contributed by atoms with Crippen molar-refractivity contribution in [1.29, 1.82) is 0 Å². The zero-order valence-corrected chi connectivity index (χ0v) is 11.5. The summed E-state index contributed by atoms with van der Waals surface area (Å²) in [5, 5.41) is 9.27. The van der Waals surface area contributed by atoms with Gasteiger partial charge in [-0.25, -0.2) is 4.79 Å². The lowest BCUT2D eigenvalue weighted by atomic mass is 9.78. The lowest BCUT2D eigenvalue weighted by molar-refractivity contribution is -0.133. The van der Waals surface area contributed by atoms with Crippen LogP contribution in [0, 0.1) is 0 Å². The van der Waals surface area contributed by atoms with Crippen molar-refractivity contribution in [3.63, 3.8) is 0 Å². The van der Waals surface area contributed by atoms with Crippen molar-refractivity contribution < 1.29 is 9.90 Å². The molecule has 3 aliphatic rings. The van der Waals surface area contributed by atoms with Gasteiger partial charge in [0.15, 0.2) is 0 Å². The molecule has 3 atom stereocenters. The molecule has 0 spiro atoms. The summed E-state index contributed by atoms with van der Waals surface area (Å²) < 4.78 is 0. The topological polar surface area (TPSA) is 40.5 Å². The number of nitrogens with zero attached hydrogens (tertiary/aromatic N) is 1. The predicted octanol–water partition coefficient (Wildman–Crippen LogP) is 3.44. The number of benzene rings is 1. The van der Waals surface area contributed by atoms with Crippen LogP contribution >= 0.6 is 0 Å². The van der Waals surface area contributed by atoms with Gasteiger partial charge in [0.2, 0.25) is 0 Å². The molecule has 1 N–H and O–H groups in total. The average Bonchev–Trinajstić information content (AvgIpc) is 2.96. The summed E-state index contributed by atoms with van der Waals surface area (Å²) in [4.78, 5) is 13.6. The van der Waals surface area contributed by atoms with Gasteiger partial charge in [-0.3, -0.25) is 0 Å². The molecule has 0 amide bonds. The van der Waals surface area contributed by atoms with Gasteiger partial charge in [0.25, 0.3) is 0 Å². The standard InChI is InChI=1S/C17H19NO2/c19-17(20)11-8-9-16-13-5-2-1-4-12(13)14-6-3-7-15(14)18(16)10-11/h1-2,4-5,10,14-16H,3,6-9H2,(H,19,20). The predicted molar refractivity (Wildman–Crippen MR) is 76.4 cm³/mol. The van der Waals surface area contributed by atoms with Gasteiger partial charge in [-0.05, 0) is 36.8 Å². The second kappa shape index (κ2) is 4.37. The van der Waals surface area contributed by atoms with E-state index in [1.165, 1.54) is 30.4 Å². The Labute approximate surface area is 118 Å². The molecule has 0 bridgehead atoms. The van der Waals surface area contributed by atoms with Gasteiger partial charge >= 0.3 is 5.97 Å². The number of carbonyl (C=O) groups is 1. The van der Waals surface area contributed by atoms with Crippen molar-refractivity contribution in [1.82, 2.24) is 4.90 Å². The summed E-state index contributed by atoms with van der Waals surface area (Å²) in [6, 6.07) is 9.67. The normalized spacial score (nSPS) is 31.1. The Bertz CT molecular complexity index is 592. The minimum Gasteiger partial charge on any atom is -0.478 e. The number of hydrogen-bond donors (Lipinski definition) is 1. The molecule has 1 fully saturated rings. The zero-order chi connectivity index (χ0) is 13.7. The van der Waals surface area contributed by atoms with Crippen LogP contribution in [0.3, 0.4) is 0 Å². The maximum absolute atomic E-state index is 11.3. The third-order valence-electron chi connectivity index (χ3n) is 5.24. The number of rotatable bonds is 1. The molecule has 1 aliphatic carbocycles. The van der Waals surface area contributed by atoms with Crippen molar-refractivity contribution in [2.45, 2.75) is 50.1 Å². The smallest absolute Gasteiger partial charge is 0.333 e. The Kier molecular flexibility index (Phi) is 2.62. The van der Waals surface area contributed by atoms with E-state index in [1.54, 1.807) is 0 Å². The highest BCUT2D eigenvalue weighted by Gasteiger charge is 2.43. The molecule has 3 unspecified atom stereocenters. The highest BCUT2D eigenvalue weighted by Crippen LogP contribution is 2.50. The van der Waals surface area contributed by atoms with Crippen LogP contribution in [0.1, 0.15) is 55.2 Å². The van der Waals surface area contributed by atoms with Crippen LogP contribution in [0.2, 0.25) is 0 Å². The quantitative estimate of drug-likeness (QED) is 0.849. The van der Waals surface area contributed by atoms with Crippen molar-refractivity contribution in [2.75, 3.05) is 0 Å². The van der Waals surface area contributed by atoms with E-state index >= 15 is 0 Å². The van der Waals surface area contributed by atoms with Crippen molar-refractivity contribution >= 4 is 5.97 Å². The molecule has 1 aromatic rings. The number of hydrogen-bond acceptors (Lipinski definition) is 2. The fraction of sp³-hybridized carbons (Fsp3) is 0.471. The SMILES string of the molecule is O=C(O)C1=CN2C(CC1)c1ccccc1C1CCCC12. The first-order valence-corrected chi connectivity index (χ1v) is 7.56. The Morgan fingerprint density at radius 1 is 1.15 bits per heavy atom. The van der Waals surface area contributed by atoms with Crippen LogP contribution in [0.5, 0.6) is 0 Å². The minimum absolute atomic E-state index is 0.383. The number of aliphatic carboxylic acids is 1. The van der Waals surface area contributed by atoms with Crippen molar-refractivity contribution in [2.24, 2.45) is 0 Å². The molecule has 1 saturated carbocycles. The van der Waals surface area contributed by atoms with E-state index in [9.17, 15) is 9.90 Å². The van der Waals surface area contributed by atoms with E-state index in [1.807, 2.05) is 6.20 Å². The van der Waals surface area contributed by atoms with Crippen LogP contribution < -0.4 is 0 Å². The molecule has 0 aromatic heterocycles. The second-order valence-electron chi connectivity index (χ2n) is 6.19. The summed E-state index contributed by atoms with van der Waals surface area (Å²) in [5.41, 5.74) is 3.52. The van der Waals surface area contributed by atoms with E-state index in [-0.39, 0.29) is 0 Å². The molecule has 3 heteroatoms. The van der Waals surface area contributed by atoms with E-state index in [2.05, 4.69) is 29.2 Å². The maximum atomic E-state index is 11.3. The molecule has 0 radical (unpaired) electrons. The van der Waals surface area contributed by atoms with Gasteiger partial charge < -0.3 is 10.0 Å². The molecule has 3 nitrogen and oxygen atoms in total. The third-order valence-corrected chi connectivity index (χ3v) is 5.24. The number of carboxylic acids is 1. The Hall–Kier alpha value is -1.77. The first-order valence-electron chi connectivity index (χ1n) is 7.56. The van der Waals surface area contributed by atoms with E-state index < -0.39 is 5.97 Å².